The van der Waals surface area contributed by atoms with Gasteiger partial charge in [0.2, 0.25) is 15.9 Å². The number of hydrogen-bond donors (Lipinski definition) is 2. The zero-order valence-electron chi connectivity index (χ0n) is 10.8. The zero-order valence-corrected chi connectivity index (χ0v) is 11.7. The van der Waals surface area contributed by atoms with Crippen LogP contribution in [0, 0.1) is 0 Å². The van der Waals surface area contributed by atoms with Gasteiger partial charge in [-0.05, 0) is 19.3 Å². The van der Waals surface area contributed by atoms with Gasteiger partial charge in [-0.2, -0.15) is 4.31 Å². The van der Waals surface area contributed by atoms with Crippen LogP contribution >= 0.6 is 0 Å². The normalized spacial score (nSPS) is 19.3. The molecule has 1 aliphatic carbocycles. The van der Waals surface area contributed by atoms with Crippen molar-refractivity contribution in [2.45, 2.75) is 50.3 Å². The molecule has 0 aliphatic heterocycles. The molecule has 18 heavy (non-hydrogen) atoms. The van der Waals surface area contributed by atoms with Crippen LogP contribution in [0.25, 0.3) is 0 Å². The van der Waals surface area contributed by atoms with Gasteiger partial charge in [0, 0.05) is 12.6 Å². The Morgan fingerprint density at radius 3 is 2.33 bits per heavy atom. The molecule has 1 aliphatic rings. The lowest BCUT2D eigenvalue weighted by molar-refractivity contribution is -0.118. The van der Waals surface area contributed by atoms with E-state index in [0.717, 1.165) is 25.7 Å². The number of carbonyl (C=O) groups is 1. The van der Waals surface area contributed by atoms with Gasteiger partial charge in [0.15, 0.2) is 0 Å². The van der Waals surface area contributed by atoms with Gasteiger partial charge in [0.25, 0.3) is 0 Å². The van der Waals surface area contributed by atoms with E-state index in [9.17, 15) is 13.2 Å². The number of hydrogen-bond acceptors (Lipinski definition) is 4. The highest BCUT2D eigenvalue weighted by molar-refractivity contribution is 7.89. The Balaban J connectivity index is 2.96. The molecule has 0 heterocycles. The van der Waals surface area contributed by atoms with Gasteiger partial charge in [-0.15, -0.1) is 0 Å². The summed E-state index contributed by atoms with van der Waals surface area (Å²) >= 11 is 0. The third-order valence-corrected chi connectivity index (χ3v) is 5.96. The molecular weight excluding hydrogens is 254 g/mol. The summed E-state index contributed by atoms with van der Waals surface area (Å²) in [6, 6.07) is -0.0944. The fourth-order valence-electron chi connectivity index (χ4n) is 2.46. The molecule has 0 aromatic heterocycles. The summed E-state index contributed by atoms with van der Waals surface area (Å²) in [5.41, 5.74) is 10.7. The van der Waals surface area contributed by atoms with E-state index in [1.54, 1.807) is 6.92 Å². The first kappa shape index (κ1) is 15.4. The Labute approximate surface area is 109 Å². The van der Waals surface area contributed by atoms with Crippen molar-refractivity contribution in [1.29, 1.82) is 0 Å². The summed E-state index contributed by atoms with van der Waals surface area (Å²) in [5, 5.41) is -0.627. The molecule has 0 bridgehead atoms. The standard InChI is InChI=1S/C11H23N3O3S/c1-2-10(7-12)18(16,17)14(8-11(13)15)9-5-3-4-6-9/h9-10H,2-8,12H2,1H3,(H2,13,15). The van der Waals surface area contributed by atoms with Crippen molar-refractivity contribution in [2.75, 3.05) is 13.1 Å². The largest absolute Gasteiger partial charge is 0.369 e. The highest BCUT2D eigenvalue weighted by Crippen LogP contribution is 2.27. The van der Waals surface area contributed by atoms with Gasteiger partial charge in [-0.25, -0.2) is 8.42 Å². The minimum atomic E-state index is -3.53. The molecule has 6 nitrogen and oxygen atoms in total. The average molecular weight is 277 g/mol. The Morgan fingerprint density at radius 2 is 1.94 bits per heavy atom. The lowest BCUT2D eigenvalue weighted by atomic mass is 10.2. The Hall–Kier alpha value is -0.660. The number of nitrogens with two attached hydrogens (primary N) is 2. The van der Waals surface area contributed by atoms with Crippen molar-refractivity contribution in [3.8, 4) is 0 Å². The van der Waals surface area contributed by atoms with E-state index in [1.165, 1.54) is 4.31 Å². The van der Waals surface area contributed by atoms with Crippen LogP contribution in [0.2, 0.25) is 0 Å². The summed E-state index contributed by atoms with van der Waals surface area (Å²) in [4.78, 5) is 11.1. The van der Waals surface area contributed by atoms with Gasteiger partial charge >= 0.3 is 0 Å². The fraction of sp³-hybridized carbons (Fsp3) is 0.909. The molecule has 0 saturated heterocycles. The van der Waals surface area contributed by atoms with Crippen LogP contribution in [-0.2, 0) is 14.8 Å². The molecule has 4 N–H and O–H groups in total. The first-order valence-corrected chi connectivity index (χ1v) is 7.92. The summed E-state index contributed by atoms with van der Waals surface area (Å²) in [5.74, 6) is -0.614. The summed E-state index contributed by atoms with van der Waals surface area (Å²) in [6.45, 7) is 1.62. The minimum absolute atomic E-state index is 0.0703. The first-order valence-electron chi connectivity index (χ1n) is 6.42. The summed E-state index contributed by atoms with van der Waals surface area (Å²) in [7, 11) is -3.53. The molecule has 1 rings (SSSR count). The van der Waals surface area contributed by atoms with Crippen LogP contribution in [-0.4, -0.2) is 43.0 Å². The van der Waals surface area contributed by atoms with Crippen molar-refractivity contribution >= 4 is 15.9 Å². The molecule has 0 aromatic rings. The molecular formula is C11H23N3O3S. The maximum atomic E-state index is 12.5. The quantitative estimate of drug-likeness (QED) is 0.671. The number of amides is 1. The monoisotopic (exact) mass is 277 g/mol. The summed E-state index contributed by atoms with van der Waals surface area (Å²) < 4.78 is 26.2. The molecule has 7 heteroatoms. The van der Waals surface area contributed by atoms with Crippen molar-refractivity contribution in [2.24, 2.45) is 11.5 Å². The van der Waals surface area contributed by atoms with Crippen LogP contribution in [0.1, 0.15) is 39.0 Å². The number of sulfonamides is 1. The molecule has 0 spiro atoms. The van der Waals surface area contributed by atoms with Crippen LogP contribution in [0.5, 0.6) is 0 Å². The van der Waals surface area contributed by atoms with E-state index in [4.69, 9.17) is 11.5 Å². The fourth-order valence-corrected chi connectivity index (χ4v) is 4.44. The van der Waals surface area contributed by atoms with Gasteiger partial charge in [-0.3, -0.25) is 4.79 Å². The number of rotatable bonds is 7. The van der Waals surface area contributed by atoms with E-state index >= 15 is 0 Å². The predicted octanol–water partition coefficient (Wildman–Crippen LogP) is -0.217. The van der Waals surface area contributed by atoms with Gasteiger partial charge < -0.3 is 11.5 Å². The van der Waals surface area contributed by atoms with Gasteiger partial charge in [0.1, 0.15) is 0 Å². The van der Waals surface area contributed by atoms with Crippen molar-refractivity contribution in [3.05, 3.63) is 0 Å². The molecule has 0 aromatic carbocycles. The van der Waals surface area contributed by atoms with Crippen LogP contribution in [0.4, 0.5) is 0 Å². The Bertz CT molecular complexity index is 373. The molecule has 1 atom stereocenters. The topological polar surface area (TPSA) is 106 Å². The van der Waals surface area contributed by atoms with E-state index in [2.05, 4.69) is 0 Å². The first-order chi connectivity index (χ1) is 8.43. The SMILES string of the molecule is CCC(CN)S(=O)(=O)N(CC(N)=O)C1CCCC1. The molecule has 1 fully saturated rings. The van der Waals surface area contributed by atoms with Crippen molar-refractivity contribution in [1.82, 2.24) is 4.31 Å². The van der Waals surface area contributed by atoms with Crippen LogP contribution in [0.15, 0.2) is 0 Å². The maximum Gasteiger partial charge on any atom is 0.232 e. The average Bonchev–Trinajstić information content (AvgIpc) is 2.79. The van der Waals surface area contributed by atoms with Gasteiger partial charge in [0.05, 0.1) is 11.8 Å². The minimum Gasteiger partial charge on any atom is -0.369 e. The lowest BCUT2D eigenvalue weighted by Gasteiger charge is -2.30. The highest BCUT2D eigenvalue weighted by Gasteiger charge is 2.37. The predicted molar refractivity (Wildman–Crippen MR) is 70.2 cm³/mol. The second-order valence-corrected chi connectivity index (χ2v) is 6.93. The second-order valence-electron chi connectivity index (χ2n) is 4.76. The van der Waals surface area contributed by atoms with E-state index in [-0.39, 0.29) is 19.1 Å². The molecule has 1 amide bonds. The molecule has 1 saturated carbocycles. The number of primary amides is 1. The molecule has 1 unspecified atom stereocenters. The lowest BCUT2D eigenvalue weighted by Crippen LogP contribution is -2.49. The van der Waals surface area contributed by atoms with E-state index < -0.39 is 21.2 Å². The van der Waals surface area contributed by atoms with E-state index in [0.29, 0.717) is 6.42 Å². The molecule has 106 valence electrons. The Morgan fingerprint density at radius 1 is 1.39 bits per heavy atom. The zero-order chi connectivity index (χ0) is 13.8. The number of carbonyl (C=O) groups excluding carboxylic acids is 1. The maximum absolute atomic E-state index is 12.5. The van der Waals surface area contributed by atoms with Crippen molar-refractivity contribution in [3.63, 3.8) is 0 Å². The van der Waals surface area contributed by atoms with E-state index in [1.807, 2.05) is 0 Å². The summed E-state index contributed by atoms with van der Waals surface area (Å²) in [6.07, 6.45) is 4.03. The molecule has 0 radical (unpaired) electrons. The van der Waals surface area contributed by atoms with Crippen LogP contribution in [0.3, 0.4) is 0 Å². The smallest absolute Gasteiger partial charge is 0.232 e. The van der Waals surface area contributed by atoms with Gasteiger partial charge in [-0.1, -0.05) is 19.8 Å². The third-order valence-electron chi connectivity index (χ3n) is 3.51. The van der Waals surface area contributed by atoms with Crippen molar-refractivity contribution < 1.29 is 13.2 Å². The number of nitrogens with zero attached hydrogens (tertiary/aromatic N) is 1. The highest BCUT2D eigenvalue weighted by atomic mass is 32.2. The second kappa shape index (κ2) is 6.49. The van der Waals surface area contributed by atoms with Crippen LogP contribution < -0.4 is 11.5 Å². The Kier molecular flexibility index (Phi) is 5.55. The third kappa shape index (κ3) is 3.43.